The first kappa shape index (κ1) is 21.3. The van der Waals surface area contributed by atoms with Gasteiger partial charge in [0, 0.05) is 42.1 Å². The minimum atomic E-state index is -0.168. The molecule has 1 aliphatic carbocycles. The van der Waals surface area contributed by atoms with E-state index in [1.54, 1.807) is 16.3 Å². The number of benzene rings is 1. The van der Waals surface area contributed by atoms with Crippen LogP contribution in [-0.4, -0.2) is 44.5 Å². The van der Waals surface area contributed by atoms with E-state index >= 15 is 0 Å². The van der Waals surface area contributed by atoms with Crippen molar-refractivity contribution >= 4 is 29.2 Å². The molecule has 1 aromatic carbocycles. The number of carbonyl (C=O) groups excluding carboxylic acids is 1. The number of fused-ring (bicyclic) bond motifs is 2. The van der Waals surface area contributed by atoms with Gasteiger partial charge >= 0.3 is 0 Å². The third-order valence-electron chi connectivity index (χ3n) is 6.82. The summed E-state index contributed by atoms with van der Waals surface area (Å²) in [5.74, 6) is 1.49. The molecule has 34 heavy (non-hydrogen) atoms. The highest BCUT2D eigenvalue weighted by molar-refractivity contribution is 7.99. The van der Waals surface area contributed by atoms with Crippen LogP contribution in [-0.2, 0) is 17.6 Å². The SMILES string of the molecule is O=C(CC1CSc2nc3c(c(=O)n21)CCC3)Nc1cccc(-c2ccc(N3CCCC3)nn2)c1. The highest BCUT2D eigenvalue weighted by Crippen LogP contribution is 2.34. The largest absolute Gasteiger partial charge is 0.355 e. The number of anilines is 2. The Morgan fingerprint density at radius 2 is 1.97 bits per heavy atom. The van der Waals surface area contributed by atoms with Crippen molar-refractivity contribution in [3.8, 4) is 11.3 Å². The fourth-order valence-electron chi connectivity index (χ4n) is 5.08. The Kier molecular flexibility index (Phi) is 5.57. The fraction of sp³-hybridized carbons (Fsp3) is 0.400. The van der Waals surface area contributed by atoms with Gasteiger partial charge in [-0.05, 0) is 56.4 Å². The summed E-state index contributed by atoms with van der Waals surface area (Å²) in [6, 6.07) is 11.5. The summed E-state index contributed by atoms with van der Waals surface area (Å²) in [6.45, 7) is 2.06. The summed E-state index contributed by atoms with van der Waals surface area (Å²) < 4.78 is 1.74. The summed E-state index contributed by atoms with van der Waals surface area (Å²) in [7, 11) is 0. The molecular weight excluding hydrogens is 448 g/mol. The van der Waals surface area contributed by atoms with Crippen LogP contribution >= 0.6 is 11.8 Å². The third kappa shape index (κ3) is 3.98. The lowest BCUT2D eigenvalue weighted by molar-refractivity contribution is -0.116. The van der Waals surface area contributed by atoms with Gasteiger partial charge in [0.2, 0.25) is 5.91 Å². The summed E-state index contributed by atoms with van der Waals surface area (Å²) in [5, 5.41) is 12.6. The molecule has 174 valence electrons. The molecule has 1 unspecified atom stereocenters. The number of amides is 1. The number of carbonyl (C=O) groups is 1. The highest BCUT2D eigenvalue weighted by Gasteiger charge is 2.31. The van der Waals surface area contributed by atoms with E-state index in [2.05, 4.69) is 20.4 Å². The summed E-state index contributed by atoms with van der Waals surface area (Å²) in [5.41, 5.74) is 4.20. The number of aromatic nitrogens is 4. The van der Waals surface area contributed by atoms with Crippen molar-refractivity contribution in [3.05, 3.63) is 58.0 Å². The molecule has 2 aliphatic heterocycles. The third-order valence-corrected chi connectivity index (χ3v) is 7.91. The van der Waals surface area contributed by atoms with Gasteiger partial charge in [0.1, 0.15) is 0 Å². The van der Waals surface area contributed by atoms with Crippen molar-refractivity contribution in [1.29, 1.82) is 0 Å². The second-order valence-corrected chi connectivity index (χ2v) is 10.1. The number of aryl methyl sites for hydroxylation is 1. The van der Waals surface area contributed by atoms with Crippen molar-refractivity contribution in [2.45, 2.75) is 49.7 Å². The van der Waals surface area contributed by atoms with Crippen LogP contribution in [0.2, 0.25) is 0 Å². The number of thioether (sulfide) groups is 1. The normalized spacial score (nSPS) is 18.7. The lowest BCUT2D eigenvalue weighted by atomic mass is 10.1. The standard InChI is InChI=1S/C25H26N6O2S/c32-23(14-18-15-34-25-27-21-8-4-7-19(21)24(33)31(18)25)26-17-6-3-5-16(13-17)20-9-10-22(29-28-20)30-11-1-2-12-30/h3,5-6,9-10,13,18H,1-2,4,7-8,11-12,14-15H2,(H,26,32). The second kappa shape index (κ2) is 8.87. The van der Waals surface area contributed by atoms with Crippen molar-refractivity contribution < 1.29 is 4.79 Å². The van der Waals surface area contributed by atoms with Crippen LogP contribution in [0.3, 0.4) is 0 Å². The van der Waals surface area contributed by atoms with Gasteiger partial charge in [0.15, 0.2) is 11.0 Å². The van der Waals surface area contributed by atoms with E-state index in [0.29, 0.717) is 11.4 Å². The smallest absolute Gasteiger partial charge is 0.257 e. The average molecular weight is 475 g/mol. The minimum Gasteiger partial charge on any atom is -0.355 e. The Morgan fingerprint density at radius 3 is 2.79 bits per heavy atom. The average Bonchev–Trinajstić information content (AvgIpc) is 3.61. The molecule has 0 radical (unpaired) electrons. The second-order valence-electron chi connectivity index (χ2n) is 9.12. The van der Waals surface area contributed by atoms with Gasteiger partial charge in [0.05, 0.1) is 17.4 Å². The van der Waals surface area contributed by atoms with E-state index in [1.165, 1.54) is 12.8 Å². The molecular formula is C25H26N6O2S. The summed E-state index contributed by atoms with van der Waals surface area (Å²) >= 11 is 1.57. The zero-order chi connectivity index (χ0) is 23.1. The van der Waals surface area contributed by atoms with Gasteiger partial charge in [-0.15, -0.1) is 10.2 Å². The van der Waals surface area contributed by atoms with E-state index in [1.807, 2.05) is 36.4 Å². The maximum atomic E-state index is 13.0. The van der Waals surface area contributed by atoms with Gasteiger partial charge in [-0.2, -0.15) is 0 Å². The predicted octanol–water partition coefficient (Wildman–Crippen LogP) is 3.46. The van der Waals surface area contributed by atoms with Gasteiger partial charge < -0.3 is 10.2 Å². The monoisotopic (exact) mass is 474 g/mol. The van der Waals surface area contributed by atoms with E-state index in [-0.39, 0.29) is 23.9 Å². The molecule has 1 fully saturated rings. The molecule has 3 aromatic rings. The molecule has 1 N–H and O–H groups in total. The van der Waals surface area contributed by atoms with Gasteiger partial charge in [-0.25, -0.2) is 4.98 Å². The van der Waals surface area contributed by atoms with Crippen molar-refractivity contribution in [3.63, 3.8) is 0 Å². The van der Waals surface area contributed by atoms with Crippen LogP contribution in [0.15, 0.2) is 46.3 Å². The zero-order valence-corrected chi connectivity index (χ0v) is 19.7. The Bertz CT molecular complexity index is 1300. The first-order valence-corrected chi connectivity index (χ1v) is 12.9. The minimum absolute atomic E-state index is 0.0400. The molecule has 1 amide bonds. The molecule has 0 saturated carbocycles. The molecule has 4 heterocycles. The Balaban J connectivity index is 1.15. The Labute approximate surface area is 201 Å². The maximum absolute atomic E-state index is 13.0. The van der Waals surface area contributed by atoms with E-state index in [4.69, 9.17) is 4.98 Å². The number of hydrogen-bond acceptors (Lipinski definition) is 7. The van der Waals surface area contributed by atoms with Crippen molar-refractivity contribution in [2.75, 3.05) is 29.1 Å². The molecule has 2 aromatic heterocycles. The molecule has 1 saturated heterocycles. The summed E-state index contributed by atoms with van der Waals surface area (Å²) in [4.78, 5) is 32.8. The summed E-state index contributed by atoms with van der Waals surface area (Å²) in [6.07, 6.45) is 5.30. The van der Waals surface area contributed by atoms with Crippen LogP contribution < -0.4 is 15.8 Å². The molecule has 6 rings (SSSR count). The van der Waals surface area contributed by atoms with Crippen LogP contribution in [0.1, 0.15) is 43.0 Å². The van der Waals surface area contributed by atoms with Gasteiger partial charge in [0.25, 0.3) is 5.56 Å². The van der Waals surface area contributed by atoms with Crippen LogP contribution in [0.5, 0.6) is 0 Å². The first-order chi connectivity index (χ1) is 16.7. The molecule has 8 nitrogen and oxygen atoms in total. The number of nitrogens with zero attached hydrogens (tertiary/aromatic N) is 5. The van der Waals surface area contributed by atoms with E-state index in [0.717, 1.165) is 65.8 Å². The fourth-order valence-corrected chi connectivity index (χ4v) is 6.23. The lowest BCUT2D eigenvalue weighted by Gasteiger charge is -2.15. The lowest BCUT2D eigenvalue weighted by Crippen LogP contribution is -2.30. The van der Waals surface area contributed by atoms with E-state index in [9.17, 15) is 9.59 Å². The molecule has 0 bridgehead atoms. The van der Waals surface area contributed by atoms with Crippen LogP contribution in [0.4, 0.5) is 11.5 Å². The number of nitrogens with one attached hydrogen (secondary N) is 1. The first-order valence-electron chi connectivity index (χ1n) is 11.9. The van der Waals surface area contributed by atoms with Gasteiger partial charge in [-0.3, -0.25) is 14.2 Å². The molecule has 9 heteroatoms. The quantitative estimate of drug-likeness (QED) is 0.566. The zero-order valence-electron chi connectivity index (χ0n) is 18.9. The topological polar surface area (TPSA) is 93.0 Å². The molecule has 1 atom stereocenters. The molecule has 0 spiro atoms. The van der Waals surface area contributed by atoms with Crippen LogP contribution in [0, 0.1) is 0 Å². The number of rotatable bonds is 5. The van der Waals surface area contributed by atoms with Gasteiger partial charge in [-0.1, -0.05) is 23.9 Å². The maximum Gasteiger partial charge on any atom is 0.257 e. The predicted molar refractivity (Wildman–Crippen MR) is 132 cm³/mol. The van der Waals surface area contributed by atoms with Crippen LogP contribution in [0.25, 0.3) is 11.3 Å². The molecule has 3 aliphatic rings. The Morgan fingerprint density at radius 1 is 1.09 bits per heavy atom. The highest BCUT2D eigenvalue weighted by atomic mass is 32.2. The number of hydrogen-bond donors (Lipinski definition) is 1. The van der Waals surface area contributed by atoms with Crippen molar-refractivity contribution in [2.24, 2.45) is 0 Å². The van der Waals surface area contributed by atoms with E-state index < -0.39 is 0 Å². The Hall–Kier alpha value is -3.20. The van der Waals surface area contributed by atoms with Crippen molar-refractivity contribution in [1.82, 2.24) is 19.7 Å².